The molecule has 116 valence electrons. The summed E-state index contributed by atoms with van der Waals surface area (Å²) in [5.74, 6) is 3.04. The van der Waals surface area contributed by atoms with E-state index in [0.717, 1.165) is 34.7 Å². The Bertz CT molecular complexity index is 748. The summed E-state index contributed by atoms with van der Waals surface area (Å²) >= 11 is 0. The van der Waals surface area contributed by atoms with E-state index >= 15 is 0 Å². The van der Waals surface area contributed by atoms with E-state index < -0.39 is 0 Å². The molecule has 0 N–H and O–H groups in total. The Morgan fingerprint density at radius 2 is 1.55 bits per heavy atom. The molecule has 3 rings (SSSR count). The molecule has 22 heavy (non-hydrogen) atoms. The van der Waals surface area contributed by atoms with E-state index in [9.17, 15) is 0 Å². The number of hydrogen-bond donors (Lipinski definition) is 0. The smallest absolute Gasteiger partial charge is 0.134 e. The largest absolute Gasteiger partial charge is 0.466 e. The number of para-hydroxylation sites is 1. The Morgan fingerprint density at radius 3 is 2.18 bits per heavy atom. The highest BCUT2D eigenvalue weighted by Gasteiger charge is 2.28. The van der Waals surface area contributed by atoms with Crippen LogP contribution in [0.2, 0.25) is 0 Å². The lowest BCUT2D eigenvalue weighted by molar-refractivity contribution is 0.339. The minimum atomic E-state index is -0.105. The van der Waals surface area contributed by atoms with E-state index in [1.54, 1.807) is 0 Å². The van der Waals surface area contributed by atoms with Gasteiger partial charge in [0.05, 0.1) is 0 Å². The maximum absolute atomic E-state index is 6.04. The number of benzene rings is 1. The summed E-state index contributed by atoms with van der Waals surface area (Å²) in [6.45, 7) is 10.9. The molecular formula is C20H24O2. The highest BCUT2D eigenvalue weighted by atomic mass is 16.3. The van der Waals surface area contributed by atoms with Gasteiger partial charge in [-0.05, 0) is 24.3 Å². The van der Waals surface area contributed by atoms with Crippen molar-refractivity contribution in [3.05, 3.63) is 59.7 Å². The molecule has 0 aliphatic heterocycles. The topological polar surface area (TPSA) is 26.3 Å². The lowest BCUT2D eigenvalue weighted by atomic mass is 9.85. The van der Waals surface area contributed by atoms with Crippen LogP contribution in [0.5, 0.6) is 0 Å². The van der Waals surface area contributed by atoms with E-state index in [4.69, 9.17) is 8.83 Å². The van der Waals surface area contributed by atoms with Crippen LogP contribution >= 0.6 is 0 Å². The molecule has 0 spiro atoms. The van der Waals surface area contributed by atoms with Gasteiger partial charge >= 0.3 is 0 Å². The molecule has 0 unspecified atom stereocenters. The van der Waals surface area contributed by atoms with Crippen LogP contribution in [0.15, 0.2) is 51.3 Å². The van der Waals surface area contributed by atoms with Crippen LogP contribution in [0, 0.1) is 0 Å². The Morgan fingerprint density at radius 1 is 0.818 bits per heavy atom. The minimum Gasteiger partial charge on any atom is -0.466 e. The third-order valence-electron chi connectivity index (χ3n) is 4.11. The van der Waals surface area contributed by atoms with Gasteiger partial charge < -0.3 is 8.83 Å². The average molecular weight is 296 g/mol. The van der Waals surface area contributed by atoms with Crippen molar-refractivity contribution in [1.82, 2.24) is 0 Å². The van der Waals surface area contributed by atoms with Crippen LogP contribution in [0.3, 0.4) is 0 Å². The molecule has 0 fully saturated rings. The summed E-state index contributed by atoms with van der Waals surface area (Å²) in [5, 5.41) is 1.15. The molecule has 0 aliphatic rings. The van der Waals surface area contributed by atoms with Crippen LogP contribution in [0.1, 0.15) is 51.9 Å². The van der Waals surface area contributed by atoms with E-state index in [1.807, 2.05) is 18.2 Å². The summed E-state index contributed by atoms with van der Waals surface area (Å²) in [6, 6.07) is 14.5. The predicted octanol–water partition coefficient (Wildman–Crippen LogP) is 5.84. The molecule has 0 amide bonds. The van der Waals surface area contributed by atoms with Crippen LogP contribution in [0.4, 0.5) is 0 Å². The third-order valence-corrected chi connectivity index (χ3v) is 4.11. The van der Waals surface area contributed by atoms with Crippen molar-refractivity contribution in [2.75, 3.05) is 0 Å². The Balaban J connectivity index is 1.88. The van der Waals surface area contributed by atoms with Crippen molar-refractivity contribution in [3.8, 4) is 0 Å². The van der Waals surface area contributed by atoms with Crippen LogP contribution in [-0.4, -0.2) is 0 Å². The van der Waals surface area contributed by atoms with Gasteiger partial charge in [0.25, 0.3) is 0 Å². The van der Waals surface area contributed by atoms with E-state index in [1.165, 1.54) is 0 Å². The summed E-state index contributed by atoms with van der Waals surface area (Å²) in [4.78, 5) is 0. The maximum Gasteiger partial charge on any atom is 0.134 e. The van der Waals surface area contributed by atoms with E-state index in [2.05, 4.69) is 58.9 Å². The van der Waals surface area contributed by atoms with Gasteiger partial charge in [0.2, 0.25) is 0 Å². The number of hydrogen-bond acceptors (Lipinski definition) is 2. The Labute approximate surface area is 132 Å². The van der Waals surface area contributed by atoms with Crippen molar-refractivity contribution < 1.29 is 8.83 Å². The molecule has 1 aromatic carbocycles. The molecule has 0 aliphatic carbocycles. The molecule has 2 nitrogen and oxygen atoms in total. The number of fused-ring (bicyclic) bond motifs is 1. The van der Waals surface area contributed by atoms with E-state index in [-0.39, 0.29) is 10.8 Å². The minimum absolute atomic E-state index is 0.0434. The summed E-state index contributed by atoms with van der Waals surface area (Å²) in [7, 11) is 0. The standard InChI is InChI=1S/C20H24O2/c1-19(2,3)17-11-10-15(21-17)13-20(4,5)18-12-14-8-6-7-9-16(14)22-18/h6-12H,13H2,1-5H3. The van der Waals surface area contributed by atoms with Gasteiger partial charge in [-0.15, -0.1) is 0 Å². The fourth-order valence-electron chi connectivity index (χ4n) is 2.71. The zero-order chi connectivity index (χ0) is 16.0. The van der Waals surface area contributed by atoms with Crippen molar-refractivity contribution in [2.45, 2.75) is 51.9 Å². The average Bonchev–Trinajstić information content (AvgIpc) is 3.03. The van der Waals surface area contributed by atoms with Crippen molar-refractivity contribution >= 4 is 11.0 Å². The normalized spacial score (nSPS) is 13.0. The lowest BCUT2D eigenvalue weighted by Gasteiger charge is -2.21. The molecule has 2 heterocycles. The lowest BCUT2D eigenvalue weighted by Crippen LogP contribution is -2.19. The van der Waals surface area contributed by atoms with Crippen LogP contribution in [0.25, 0.3) is 11.0 Å². The van der Waals surface area contributed by atoms with Crippen LogP contribution < -0.4 is 0 Å². The second kappa shape index (κ2) is 5.05. The Kier molecular flexibility index (Phi) is 3.43. The second-order valence-electron chi connectivity index (χ2n) is 7.73. The third kappa shape index (κ3) is 2.83. The van der Waals surface area contributed by atoms with Crippen LogP contribution in [-0.2, 0) is 17.3 Å². The highest BCUT2D eigenvalue weighted by Crippen LogP contribution is 2.34. The highest BCUT2D eigenvalue weighted by molar-refractivity contribution is 5.78. The first-order valence-corrected chi connectivity index (χ1v) is 7.84. The first kappa shape index (κ1) is 15.0. The van der Waals surface area contributed by atoms with Crippen molar-refractivity contribution in [2.24, 2.45) is 0 Å². The molecule has 0 atom stereocenters. The summed E-state index contributed by atoms with van der Waals surface area (Å²) in [6.07, 6.45) is 0.822. The van der Waals surface area contributed by atoms with Gasteiger partial charge in [-0.3, -0.25) is 0 Å². The van der Waals surface area contributed by atoms with Gasteiger partial charge in [0.1, 0.15) is 22.9 Å². The first-order chi connectivity index (χ1) is 10.3. The Hall–Kier alpha value is -1.96. The SMILES string of the molecule is CC(C)(C)c1ccc(CC(C)(C)c2cc3ccccc3o2)o1. The molecule has 0 saturated carbocycles. The summed E-state index contributed by atoms with van der Waals surface area (Å²) < 4.78 is 12.1. The van der Waals surface area contributed by atoms with E-state index in [0.29, 0.717) is 0 Å². The number of furan rings is 2. The molecule has 3 aromatic rings. The molecule has 2 heteroatoms. The first-order valence-electron chi connectivity index (χ1n) is 7.84. The maximum atomic E-state index is 6.04. The van der Waals surface area contributed by atoms with Gasteiger partial charge in [-0.1, -0.05) is 52.8 Å². The molecule has 0 saturated heterocycles. The van der Waals surface area contributed by atoms with Gasteiger partial charge in [-0.2, -0.15) is 0 Å². The van der Waals surface area contributed by atoms with Crippen molar-refractivity contribution in [3.63, 3.8) is 0 Å². The molecule has 0 bridgehead atoms. The fourth-order valence-corrected chi connectivity index (χ4v) is 2.71. The van der Waals surface area contributed by atoms with Gasteiger partial charge in [-0.25, -0.2) is 0 Å². The monoisotopic (exact) mass is 296 g/mol. The summed E-state index contributed by atoms with van der Waals surface area (Å²) in [5.41, 5.74) is 0.883. The number of rotatable bonds is 3. The predicted molar refractivity (Wildman–Crippen MR) is 90.4 cm³/mol. The molecular weight excluding hydrogens is 272 g/mol. The van der Waals surface area contributed by atoms with Gasteiger partial charge in [0, 0.05) is 22.6 Å². The zero-order valence-electron chi connectivity index (χ0n) is 14.1. The van der Waals surface area contributed by atoms with Crippen molar-refractivity contribution in [1.29, 1.82) is 0 Å². The van der Waals surface area contributed by atoms with Gasteiger partial charge in [0.15, 0.2) is 0 Å². The zero-order valence-corrected chi connectivity index (χ0v) is 14.1. The fraction of sp³-hybridized carbons (Fsp3) is 0.400. The molecule has 0 radical (unpaired) electrons. The second-order valence-corrected chi connectivity index (χ2v) is 7.73. The molecule has 2 aromatic heterocycles. The quantitative estimate of drug-likeness (QED) is 0.606.